The third kappa shape index (κ3) is 4.09. The first-order valence-electron chi connectivity index (χ1n) is 7.04. The molecule has 5 heteroatoms. The number of para-hydroxylation sites is 1. The molecule has 0 bridgehead atoms. The first kappa shape index (κ1) is 15.6. The quantitative estimate of drug-likeness (QED) is 0.766. The summed E-state index contributed by atoms with van der Waals surface area (Å²) in [5.74, 6) is -2.42. The van der Waals surface area contributed by atoms with Gasteiger partial charge in [-0.3, -0.25) is 0 Å². The predicted octanol–water partition coefficient (Wildman–Crippen LogP) is 4.36. The molecule has 1 fully saturated rings. The van der Waals surface area contributed by atoms with Crippen LogP contribution in [-0.4, -0.2) is 24.0 Å². The van der Waals surface area contributed by atoms with Crippen molar-refractivity contribution in [2.24, 2.45) is 5.41 Å². The van der Waals surface area contributed by atoms with E-state index in [2.05, 4.69) is 5.32 Å². The molecule has 2 N–H and O–H groups in total. The van der Waals surface area contributed by atoms with Crippen LogP contribution in [0.3, 0.4) is 0 Å². The van der Waals surface area contributed by atoms with Gasteiger partial charge in [0.1, 0.15) is 0 Å². The largest absolute Gasteiger partial charge is 0.396 e. The molecule has 0 amide bonds. The molecule has 2 rings (SSSR count). The van der Waals surface area contributed by atoms with Gasteiger partial charge >= 0.3 is 0 Å². The lowest BCUT2D eigenvalue weighted by atomic mass is 9.74. The molecule has 0 atom stereocenters. The third-order valence-corrected chi connectivity index (χ3v) is 4.79. The average Bonchev–Trinajstić information content (AvgIpc) is 2.47. The molecule has 1 aliphatic carbocycles. The lowest BCUT2D eigenvalue weighted by Gasteiger charge is -2.36. The van der Waals surface area contributed by atoms with Crippen LogP contribution in [0.5, 0.6) is 0 Å². The zero-order valence-corrected chi connectivity index (χ0v) is 12.3. The first-order valence-corrected chi connectivity index (χ1v) is 7.92. The highest BCUT2D eigenvalue weighted by atomic mass is 32.2. The molecule has 0 aromatic heterocycles. The Hall–Kier alpha value is -0.810. The number of hydrogen-bond acceptors (Lipinski definition) is 3. The second-order valence-corrected chi connectivity index (χ2v) is 6.48. The van der Waals surface area contributed by atoms with Crippen LogP contribution in [0.4, 0.5) is 14.5 Å². The smallest absolute Gasteiger partial charge is 0.288 e. The van der Waals surface area contributed by atoms with Crippen molar-refractivity contribution in [1.82, 2.24) is 0 Å². The minimum absolute atomic E-state index is 0.0964. The highest BCUT2D eigenvalue weighted by molar-refractivity contribution is 7.99. The van der Waals surface area contributed by atoms with E-state index in [1.54, 1.807) is 12.1 Å². The summed E-state index contributed by atoms with van der Waals surface area (Å²) in [7, 11) is 0. The Balaban J connectivity index is 2.02. The summed E-state index contributed by atoms with van der Waals surface area (Å²) in [5, 5.41) is 12.9. The van der Waals surface area contributed by atoms with Gasteiger partial charge < -0.3 is 10.4 Å². The number of nitrogens with one attached hydrogen (secondary N) is 1. The zero-order valence-electron chi connectivity index (χ0n) is 11.4. The standard InChI is InChI=1S/C15H21F2NOS/c16-14(17)20-13-7-3-2-6-12(13)18-10-15(11-19)8-4-1-5-9-15/h2-3,6-7,14,18-19H,1,4-5,8-11H2. The van der Waals surface area contributed by atoms with Gasteiger partial charge in [0.2, 0.25) is 0 Å². The molecule has 20 heavy (non-hydrogen) atoms. The maximum absolute atomic E-state index is 12.5. The van der Waals surface area contributed by atoms with Crippen LogP contribution in [0, 0.1) is 5.41 Å². The van der Waals surface area contributed by atoms with E-state index in [1.807, 2.05) is 12.1 Å². The van der Waals surface area contributed by atoms with Gasteiger partial charge in [0, 0.05) is 22.5 Å². The van der Waals surface area contributed by atoms with Crippen molar-refractivity contribution >= 4 is 17.4 Å². The predicted molar refractivity (Wildman–Crippen MR) is 79.4 cm³/mol. The van der Waals surface area contributed by atoms with Gasteiger partial charge in [0.15, 0.2) is 0 Å². The average molecular weight is 301 g/mol. The summed E-state index contributed by atoms with van der Waals surface area (Å²) >= 11 is 0.560. The molecule has 0 spiro atoms. The summed E-state index contributed by atoms with van der Waals surface area (Å²) < 4.78 is 25.1. The zero-order chi connectivity index (χ0) is 14.4. The molecule has 0 aliphatic heterocycles. The Morgan fingerprint density at radius 2 is 1.90 bits per heavy atom. The van der Waals surface area contributed by atoms with Crippen molar-refractivity contribution in [1.29, 1.82) is 0 Å². The van der Waals surface area contributed by atoms with Crippen LogP contribution >= 0.6 is 11.8 Å². The van der Waals surface area contributed by atoms with Gasteiger partial charge in [-0.25, -0.2) is 0 Å². The molecule has 0 radical (unpaired) electrons. The normalized spacial score (nSPS) is 18.2. The number of hydrogen-bond donors (Lipinski definition) is 2. The van der Waals surface area contributed by atoms with Gasteiger partial charge in [0.05, 0.1) is 6.61 Å². The lowest BCUT2D eigenvalue weighted by molar-refractivity contribution is 0.0943. The van der Waals surface area contributed by atoms with E-state index >= 15 is 0 Å². The fraction of sp³-hybridized carbons (Fsp3) is 0.600. The van der Waals surface area contributed by atoms with Crippen molar-refractivity contribution in [3.63, 3.8) is 0 Å². The molecule has 0 unspecified atom stereocenters. The monoisotopic (exact) mass is 301 g/mol. The molecular weight excluding hydrogens is 280 g/mol. The van der Waals surface area contributed by atoms with E-state index in [-0.39, 0.29) is 12.0 Å². The van der Waals surface area contributed by atoms with Gasteiger partial charge in [-0.15, -0.1) is 0 Å². The Bertz CT molecular complexity index is 422. The number of aliphatic hydroxyl groups excluding tert-OH is 1. The van der Waals surface area contributed by atoms with Gasteiger partial charge in [-0.2, -0.15) is 8.78 Å². The number of halogens is 2. The van der Waals surface area contributed by atoms with E-state index in [0.29, 0.717) is 23.2 Å². The minimum atomic E-state index is -2.42. The van der Waals surface area contributed by atoms with Crippen LogP contribution in [-0.2, 0) is 0 Å². The van der Waals surface area contributed by atoms with Crippen LogP contribution < -0.4 is 5.32 Å². The SMILES string of the molecule is OCC1(CNc2ccccc2SC(F)F)CCCCC1. The van der Waals surface area contributed by atoms with Crippen LogP contribution in [0.2, 0.25) is 0 Å². The number of thioether (sulfide) groups is 1. The van der Waals surface area contributed by atoms with Gasteiger partial charge in [0.25, 0.3) is 5.76 Å². The highest BCUT2D eigenvalue weighted by Crippen LogP contribution is 2.37. The summed E-state index contributed by atoms with van der Waals surface area (Å²) in [4.78, 5) is 0.561. The molecular formula is C15H21F2NOS. The first-order chi connectivity index (χ1) is 9.65. The molecule has 1 saturated carbocycles. The Kier molecular flexibility index (Phi) is 5.66. The van der Waals surface area contributed by atoms with Crippen LogP contribution in [0.1, 0.15) is 32.1 Å². The second kappa shape index (κ2) is 7.27. The van der Waals surface area contributed by atoms with E-state index in [9.17, 15) is 13.9 Å². The maximum Gasteiger partial charge on any atom is 0.288 e. The summed E-state index contributed by atoms with van der Waals surface area (Å²) in [6.07, 6.45) is 5.49. The van der Waals surface area contributed by atoms with Crippen molar-refractivity contribution in [2.45, 2.75) is 42.8 Å². The number of benzene rings is 1. The van der Waals surface area contributed by atoms with Crippen molar-refractivity contribution in [3.05, 3.63) is 24.3 Å². The van der Waals surface area contributed by atoms with Crippen molar-refractivity contribution in [2.75, 3.05) is 18.5 Å². The number of alkyl halides is 2. The Morgan fingerprint density at radius 3 is 2.55 bits per heavy atom. The third-order valence-electron chi connectivity index (χ3n) is 4.01. The van der Waals surface area contributed by atoms with E-state index < -0.39 is 5.76 Å². The summed E-state index contributed by atoms with van der Waals surface area (Å²) in [6.45, 7) is 0.800. The van der Waals surface area contributed by atoms with Crippen LogP contribution in [0.15, 0.2) is 29.2 Å². The number of aliphatic hydroxyl groups is 1. The Labute approximate surface area is 123 Å². The molecule has 1 aromatic rings. The Morgan fingerprint density at radius 1 is 1.20 bits per heavy atom. The molecule has 1 aliphatic rings. The highest BCUT2D eigenvalue weighted by Gasteiger charge is 2.31. The van der Waals surface area contributed by atoms with E-state index in [0.717, 1.165) is 31.4 Å². The second-order valence-electron chi connectivity index (χ2n) is 5.45. The lowest BCUT2D eigenvalue weighted by Crippen LogP contribution is -2.35. The fourth-order valence-electron chi connectivity index (χ4n) is 2.79. The maximum atomic E-state index is 12.5. The van der Waals surface area contributed by atoms with Crippen LogP contribution in [0.25, 0.3) is 0 Å². The van der Waals surface area contributed by atoms with Crippen molar-refractivity contribution in [3.8, 4) is 0 Å². The molecule has 0 heterocycles. The molecule has 2 nitrogen and oxygen atoms in total. The number of anilines is 1. The topological polar surface area (TPSA) is 32.3 Å². The van der Waals surface area contributed by atoms with Crippen molar-refractivity contribution < 1.29 is 13.9 Å². The molecule has 112 valence electrons. The molecule has 0 saturated heterocycles. The van der Waals surface area contributed by atoms with E-state index in [4.69, 9.17) is 0 Å². The van der Waals surface area contributed by atoms with Gasteiger partial charge in [-0.1, -0.05) is 43.2 Å². The fourth-order valence-corrected chi connectivity index (χ4v) is 3.40. The van der Waals surface area contributed by atoms with E-state index in [1.165, 1.54) is 6.42 Å². The molecule has 1 aromatic carbocycles. The summed E-state index contributed by atoms with van der Waals surface area (Å²) in [5.41, 5.74) is 0.636. The minimum Gasteiger partial charge on any atom is -0.396 e. The summed E-state index contributed by atoms with van der Waals surface area (Å²) in [6, 6.07) is 7.12. The number of rotatable bonds is 6. The van der Waals surface area contributed by atoms with Gasteiger partial charge in [-0.05, 0) is 25.0 Å².